The zero-order valence-corrected chi connectivity index (χ0v) is 18.7. The van der Waals surface area contributed by atoms with Gasteiger partial charge in [0.15, 0.2) is 0 Å². The maximum absolute atomic E-state index is 13.7. The Morgan fingerprint density at radius 1 is 1.00 bits per heavy atom. The molecule has 2 aliphatic rings. The predicted molar refractivity (Wildman–Crippen MR) is 123 cm³/mol. The Hall–Kier alpha value is -2.78. The monoisotopic (exact) mass is 475 g/mol. The van der Waals surface area contributed by atoms with Crippen molar-refractivity contribution in [1.82, 2.24) is 9.29 Å². The van der Waals surface area contributed by atoms with Crippen LogP contribution < -0.4 is 10.2 Å². The third-order valence-electron chi connectivity index (χ3n) is 6.35. The molecule has 174 valence electrons. The average molecular weight is 476 g/mol. The molecule has 2 aliphatic heterocycles. The van der Waals surface area contributed by atoms with Crippen molar-refractivity contribution in [1.29, 1.82) is 0 Å². The van der Waals surface area contributed by atoms with Crippen LogP contribution in [-0.4, -0.2) is 38.6 Å². The summed E-state index contributed by atoms with van der Waals surface area (Å²) < 4.78 is 68.8. The van der Waals surface area contributed by atoms with Gasteiger partial charge in [-0.25, -0.2) is 12.4 Å². The summed E-state index contributed by atoms with van der Waals surface area (Å²) in [7, 11) is -4.02. The molecule has 3 heterocycles. The summed E-state index contributed by atoms with van der Waals surface area (Å²) >= 11 is 0. The maximum atomic E-state index is 13.7. The largest absolute Gasteiger partial charge is 0.416 e. The molecule has 0 radical (unpaired) electrons. The van der Waals surface area contributed by atoms with Crippen LogP contribution in [-0.2, 0) is 16.2 Å². The highest BCUT2D eigenvalue weighted by atomic mass is 32.2. The lowest BCUT2D eigenvalue weighted by atomic mass is 9.98. The van der Waals surface area contributed by atoms with Crippen molar-refractivity contribution in [3.63, 3.8) is 0 Å². The lowest BCUT2D eigenvalue weighted by Crippen LogP contribution is -2.20. The third kappa shape index (κ3) is 4.04. The molecule has 0 amide bonds. The first kappa shape index (κ1) is 22.0. The molecule has 0 saturated carbocycles. The molecule has 0 aliphatic carbocycles. The third-order valence-corrected chi connectivity index (χ3v) is 8.02. The van der Waals surface area contributed by atoms with Crippen LogP contribution in [0.1, 0.15) is 30.4 Å². The van der Waals surface area contributed by atoms with E-state index < -0.39 is 21.8 Å². The van der Waals surface area contributed by atoms with Crippen LogP contribution >= 0.6 is 0 Å². The summed E-state index contributed by atoms with van der Waals surface area (Å²) in [4.78, 5) is 2.27. The number of anilines is 1. The fourth-order valence-electron chi connectivity index (χ4n) is 4.63. The quantitative estimate of drug-likeness (QED) is 0.585. The van der Waals surface area contributed by atoms with E-state index in [9.17, 15) is 21.6 Å². The number of benzene rings is 2. The molecule has 33 heavy (non-hydrogen) atoms. The van der Waals surface area contributed by atoms with Crippen molar-refractivity contribution in [3.8, 4) is 0 Å². The van der Waals surface area contributed by atoms with E-state index in [-0.39, 0.29) is 15.8 Å². The van der Waals surface area contributed by atoms with Crippen LogP contribution in [0.2, 0.25) is 0 Å². The smallest absolute Gasteiger partial charge is 0.371 e. The maximum Gasteiger partial charge on any atom is 0.416 e. The van der Waals surface area contributed by atoms with Crippen molar-refractivity contribution in [2.45, 2.75) is 30.3 Å². The predicted octanol–water partition coefficient (Wildman–Crippen LogP) is 4.87. The lowest BCUT2D eigenvalue weighted by Gasteiger charge is -2.18. The minimum absolute atomic E-state index is 0.120. The van der Waals surface area contributed by atoms with E-state index in [0.717, 1.165) is 53.3 Å². The van der Waals surface area contributed by atoms with Crippen LogP contribution in [0.5, 0.6) is 0 Å². The molecule has 0 spiro atoms. The first-order chi connectivity index (χ1) is 15.7. The van der Waals surface area contributed by atoms with Gasteiger partial charge in [0.1, 0.15) is 0 Å². The Balaban J connectivity index is 1.67. The molecule has 1 aromatic heterocycles. The van der Waals surface area contributed by atoms with E-state index in [1.54, 1.807) is 12.1 Å². The molecule has 1 saturated heterocycles. The number of fused-ring (bicyclic) bond motifs is 1. The average Bonchev–Trinajstić information content (AvgIpc) is 3.47. The normalized spacial score (nSPS) is 17.5. The minimum atomic E-state index is -4.51. The van der Waals surface area contributed by atoms with Gasteiger partial charge in [-0.1, -0.05) is 12.1 Å². The number of alkyl halides is 3. The lowest BCUT2D eigenvalue weighted by molar-refractivity contribution is -0.137. The number of aromatic nitrogens is 1. The molecule has 0 atom stereocenters. The van der Waals surface area contributed by atoms with Crippen molar-refractivity contribution in [2.24, 2.45) is 0 Å². The fourth-order valence-corrected chi connectivity index (χ4v) is 6.04. The Morgan fingerprint density at radius 2 is 1.79 bits per heavy atom. The summed E-state index contributed by atoms with van der Waals surface area (Å²) in [6.45, 7) is 3.03. The molecular weight excluding hydrogens is 451 g/mol. The van der Waals surface area contributed by atoms with E-state index in [0.29, 0.717) is 25.1 Å². The van der Waals surface area contributed by atoms with Crippen molar-refractivity contribution in [2.75, 3.05) is 31.1 Å². The van der Waals surface area contributed by atoms with Gasteiger partial charge < -0.3 is 10.2 Å². The molecule has 5 rings (SSSR count). The Morgan fingerprint density at radius 3 is 2.48 bits per heavy atom. The van der Waals surface area contributed by atoms with E-state index in [1.165, 1.54) is 18.3 Å². The SMILES string of the molecule is O=S(=O)(c1cccc(N2CCCC2)c1)n1cc(C2=CCNCC2)c2cc(C(F)(F)F)ccc21. The molecule has 5 nitrogen and oxygen atoms in total. The van der Waals surface area contributed by atoms with Gasteiger partial charge in [0, 0.05) is 42.5 Å². The molecule has 9 heteroatoms. The summed E-state index contributed by atoms with van der Waals surface area (Å²) in [5.74, 6) is 0. The van der Waals surface area contributed by atoms with Crippen LogP contribution in [0.25, 0.3) is 16.5 Å². The van der Waals surface area contributed by atoms with Gasteiger partial charge in [0.25, 0.3) is 10.0 Å². The first-order valence-electron chi connectivity index (χ1n) is 11.0. The molecule has 2 aromatic carbocycles. The number of rotatable bonds is 4. The zero-order chi connectivity index (χ0) is 23.2. The highest BCUT2D eigenvalue weighted by Gasteiger charge is 2.32. The van der Waals surface area contributed by atoms with Gasteiger partial charge >= 0.3 is 6.18 Å². The van der Waals surface area contributed by atoms with Crippen molar-refractivity contribution in [3.05, 3.63) is 65.9 Å². The minimum Gasteiger partial charge on any atom is -0.371 e. The van der Waals surface area contributed by atoms with Crippen LogP contribution in [0.4, 0.5) is 18.9 Å². The van der Waals surface area contributed by atoms with E-state index >= 15 is 0 Å². The Bertz CT molecular complexity index is 1340. The first-order valence-corrected chi connectivity index (χ1v) is 12.4. The summed E-state index contributed by atoms with van der Waals surface area (Å²) in [5.41, 5.74) is 1.65. The molecule has 3 aromatic rings. The van der Waals surface area contributed by atoms with Crippen LogP contribution in [0.15, 0.2) is 59.6 Å². The summed E-state index contributed by atoms with van der Waals surface area (Å²) in [6.07, 6.45) is 1.60. The van der Waals surface area contributed by atoms with Crippen LogP contribution in [0.3, 0.4) is 0 Å². The second-order valence-corrected chi connectivity index (χ2v) is 10.3. The number of nitrogens with one attached hydrogen (secondary N) is 1. The Kier molecular flexibility index (Phi) is 5.49. The van der Waals surface area contributed by atoms with Crippen molar-refractivity contribution >= 4 is 32.2 Å². The molecule has 1 fully saturated rings. The highest BCUT2D eigenvalue weighted by Crippen LogP contribution is 2.37. The molecule has 0 unspecified atom stereocenters. The molecular formula is C24H24F3N3O2S. The highest BCUT2D eigenvalue weighted by molar-refractivity contribution is 7.90. The number of hydrogen-bond donors (Lipinski definition) is 1. The summed E-state index contributed by atoms with van der Waals surface area (Å²) in [5, 5.41) is 3.47. The standard InChI is InChI=1S/C24H24F3N3O2S/c25-24(26,27)18-6-7-23-21(14-18)22(17-8-10-28-11-9-17)16-30(23)33(31,32)20-5-3-4-19(15-20)29-12-1-2-13-29/h3-8,14-16,28H,1-2,9-13H2. The van der Waals surface area contributed by atoms with Gasteiger partial charge in [-0.15, -0.1) is 0 Å². The summed E-state index contributed by atoms with van der Waals surface area (Å²) in [6, 6.07) is 10.0. The fraction of sp³-hybridized carbons (Fsp3) is 0.333. The van der Waals surface area contributed by atoms with Gasteiger partial charge in [0.2, 0.25) is 0 Å². The van der Waals surface area contributed by atoms with Crippen LogP contribution in [0, 0.1) is 0 Å². The molecule has 0 bridgehead atoms. The van der Waals surface area contributed by atoms with E-state index in [1.807, 2.05) is 12.1 Å². The van der Waals surface area contributed by atoms with Gasteiger partial charge in [-0.3, -0.25) is 0 Å². The Labute approximate surface area is 190 Å². The van der Waals surface area contributed by atoms with Gasteiger partial charge in [-0.2, -0.15) is 13.2 Å². The number of hydrogen-bond acceptors (Lipinski definition) is 4. The molecule has 1 N–H and O–H groups in total. The number of halogens is 3. The van der Waals surface area contributed by atoms with E-state index in [4.69, 9.17) is 0 Å². The second-order valence-electron chi connectivity index (χ2n) is 8.45. The number of nitrogens with zero attached hydrogens (tertiary/aromatic N) is 2. The zero-order valence-electron chi connectivity index (χ0n) is 17.9. The van der Waals surface area contributed by atoms with Crippen molar-refractivity contribution < 1.29 is 21.6 Å². The topological polar surface area (TPSA) is 54.3 Å². The van der Waals surface area contributed by atoms with Gasteiger partial charge in [-0.05, 0) is 67.8 Å². The van der Waals surface area contributed by atoms with Gasteiger partial charge in [0.05, 0.1) is 16.0 Å². The second kappa shape index (κ2) is 8.22. The van der Waals surface area contributed by atoms with E-state index in [2.05, 4.69) is 10.2 Å².